The molecule has 0 aromatic heterocycles. The molecule has 0 aliphatic rings. The highest BCUT2D eigenvalue weighted by molar-refractivity contribution is 8.56. The molecular weight excluding hydrogens is 601 g/mol. The molecule has 0 aliphatic heterocycles. The fourth-order valence-corrected chi connectivity index (χ4v) is 15.1. The summed E-state index contributed by atoms with van der Waals surface area (Å²) in [5, 5.41) is 9.74. The van der Waals surface area contributed by atoms with E-state index in [-0.39, 0.29) is 41.7 Å². The van der Waals surface area contributed by atoms with Crippen LogP contribution in [0.25, 0.3) is 0 Å². The third-order valence-corrected chi connectivity index (χ3v) is 15.9. The van der Waals surface area contributed by atoms with Gasteiger partial charge in [0.1, 0.15) is 0 Å². The second-order valence-corrected chi connectivity index (χ2v) is 21.6. The number of hydrogen-bond acceptors (Lipinski definition) is 13. The first-order valence-corrected chi connectivity index (χ1v) is 21.7. The van der Waals surface area contributed by atoms with Crippen LogP contribution in [0.4, 0.5) is 0 Å². The number of rotatable bonds is 21. The molecule has 0 aromatic rings. The molecular formula is C21H47O10P3S3. The quantitative estimate of drug-likeness (QED) is 0.120. The zero-order valence-corrected chi connectivity index (χ0v) is 29.0. The lowest BCUT2D eigenvalue weighted by Gasteiger charge is -2.27. The van der Waals surface area contributed by atoms with Gasteiger partial charge in [-0.1, -0.05) is 0 Å². The second-order valence-electron chi connectivity index (χ2n) is 9.53. The number of aliphatic hydroxyl groups is 1. The van der Waals surface area contributed by atoms with Gasteiger partial charge in [0.2, 0.25) is 0 Å². The molecule has 0 fully saturated rings. The Morgan fingerprint density at radius 2 is 0.730 bits per heavy atom. The van der Waals surface area contributed by atoms with Gasteiger partial charge in [0.05, 0.1) is 42.7 Å². The number of hydrogen-bond donors (Lipinski definition) is 1. The van der Waals surface area contributed by atoms with Crippen LogP contribution < -0.4 is 0 Å². The Bertz CT molecular complexity index is 701. The molecule has 37 heavy (non-hydrogen) atoms. The zero-order chi connectivity index (χ0) is 29.0. The Balaban J connectivity index is 5.36. The van der Waals surface area contributed by atoms with Crippen molar-refractivity contribution in [1.82, 2.24) is 0 Å². The van der Waals surface area contributed by atoms with Crippen LogP contribution in [0, 0.1) is 0 Å². The highest BCUT2D eigenvalue weighted by Gasteiger charge is 2.36. The molecule has 0 amide bonds. The van der Waals surface area contributed by atoms with E-state index in [1.807, 2.05) is 0 Å². The first kappa shape index (κ1) is 38.5. The summed E-state index contributed by atoms with van der Waals surface area (Å²) in [6.07, 6.45) is -3.25. The third-order valence-electron chi connectivity index (χ3n) is 3.39. The predicted molar refractivity (Wildman–Crippen MR) is 158 cm³/mol. The Morgan fingerprint density at radius 3 is 0.973 bits per heavy atom. The summed E-state index contributed by atoms with van der Waals surface area (Å²) in [5.74, 6) is 0.456. The molecule has 16 heteroatoms. The molecule has 0 rings (SSSR count). The maximum Gasteiger partial charge on any atom is 0.389 e. The Hall–Kier alpha value is 1.46. The SMILES string of the molecule is CC(O)CSP(=O)(OC(C)CSP(=O)(OC(C)C)OC(C)C)OC(C)CSP(=O)(OC(C)C)OC(C)C. The first-order chi connectivity index (χ1) is 16.8. The van der Waals surface area contributed by atoms with E-state index in [0.717, 1.165) is 34.1 Å². The maximum atomic E-state index is 13.6. The summed E-state index contributed by atoms with van der Waals surface area (Å²) in [4.78, 5) is 0. The smallest absolute Gasteiger partial charge is 0.389 e. The monoisotopic (exact) mass is 648 g/mol. The predicted octanol–water partition coefficient (Wildman–Crippen LogP) is 8.40. The van der Waals surface area contributed by atoms with Crippen molar-refractivity contribution in [2.24, 2.45) is 0 Å². The van der Waals surface area contributed by atoms with Crippen molar-refractivity contribution in [3.63, 3.8) is 0 Å². The summed E-state index contributed by atoms with van der Waals surface area (Å²) in [7, 11) is 0. The minimum Gasteiger partial charge on any atom is -0.393 e. The summed E-state index contributed by atoms with van der Waals surface area (Å²) in [6.45, 7) is 8.36. The lowest BCUT2D eigenvalue weighted by Crippen LogP contribution is -2.17. The van der Waals surface area contributed by atoms with Gasteiger partial charge in [-0.2, -0.15) is 0 Å². The van der Waals surface area contributed by atoms with E-state index in [1.54, 1.807) is 76.2 Å². The van der Waals surface area contributed by atoms with Crippen molar-refractivity contribution in [3.05, 3.63) is 0 Å². The van der Waals surface area contributed by atoms with E-state index in [4.69, 9.17) is 27.1 Å². The van der Waals surface area contributed by atoms with Crippen molar-refractivity contribution in [2.75, 3.05) is 17.3 Å². The van der Waals surface area contributed by atoms with Crippen molar-refractivity contribution in [1.29, 1.82) is 0 Å². The fraction of sp³-hybridized carbons (Fsp3) is 1.00. The molecule has 0 radical (unpaired) electrons. The molecule has 0 aliphatic carbocycles. The molecule has 0 saturated carbocycles. The van der Waals surface area contributed by atoms with E-state index in [0.29, 0.717) is 0 Å². The van der Waals surface area contributed by atoms with Gasteiger partial charge in [0, 0.05) is 17.3 Å². The molecule has 224 valence electrons. The van der Waals surface area contributed by atoms with E-state index in [1.165, 1.54) is 0 Å². The van der Waals surface area contributed by atoms with Crippen molar-refractivity contribution in [2.45, 2.75) is 119 Å². The molecule has 3 unspecified atom stereocenters. The van der Waals surface area contributed by atoms with E-state index >= 15 is 0 Å². The Kier molecular flexibility index (Phi) is 18.8. The van der Waals surface area contributed by atoms with Crippen LogP contribution in [0.2, 0.25) is 0 Å². The van der Waals surface area contributed by atoms with Crippen LogP contribution in [0.3, 0.4) is 0 Å². The van der Waals surface area contributed by atoms with E-state index in [9.17, 15) is 18.8 Å². The number of aliphatic hydroxyl groups excluding tert-OH is 1. The molecule has 0 heterocycles. The van der Waals surface area contributed by atoms with Crippen LogP contribution in [0.1, 0.15) is 76.2 Å². The zero-order valence-electron chi connectivity index (χ0n) is 23.9. The minimum absolute atomic E-state index is 0.119. The fourth-order valence-electron chi connectivity index (χ4n) is 2.38. The molecule has 3 atom stereocenters. The normalized spacial score (nSPS) is 17.5. The van der Waals surface area contributed by atoms with Crippen LogP contribution in [-0.4, -0.2) is 65.1 Å². The molecule has 0 saturated heterocycles. The van der Waals surface area contributed by atoms with Gasteiger partial charge in [0.15, 0.2) is 0 Å². The van der Waals surface area contributed by atoms with Gasteiger partial charge >= 0.3 is 20.4 Å². The average Bonchev–Trinajstić information content (AvgIpc) is 2.67. The summed E-state index contributed by atoms with van der Waals surface area (Å²) in [6, 6.07) is 0. The standard InChI is InChI=1S/C21H47O10P3S3/c1-15(2)26-32(23,27-16(3)4)36-13-20(10)30-34(25,35-12-19(9)22)31-21(11)14-37-33(24,28-17(5)6)29-18(7)8/h15-22H,12-14H2,1-11H3. The summed E-state index contributed by atoms with van der Waals surface area (Å²) >= 11 is 2.83. The summed E-state index contributed by atoms with van der Waals surface area (Å²) < 4.78 is 73.6. The first-order valence-electron chi connectivity index (χ1n) is 12.3. The molecule has 1 N–H and O–H groups in total. The van der Waals surface area contributed by atoms with Crippen molar-refractivity contribution in [3.8, 4) is 0 Å². The largest absolute Gasteiger partial charge is 0.393 e. The van der Waals surface area contributed by atoms with Crippen LogP contribution in [0.5, 0.6) is 0 Å². The highest BCUT2D eigenvalue weighted by atomic mass is 32.7. The Morgan fingerprint density at radius 1 is 0.486 bits per heavy atom. The van der Waals surface area contributed by atoms with E-state index < -0.39 is 38.7 Å². The van der Waals surface area contributed by atoms with Crippen LogP contribution >= 0.6 is 54.5 Å². The van der Waals surface area contributed by atoms with Gasteiger partial charge in [0.25, 0.3) is 0 Å². The third kappa shape index (κ3) is 19.3. The molecule has 0 spiro atoms. The van der Waals surface area contributed by atoms with Crippen molar-refractivity contribution >= 4 is 54.5 Å². The van der Waals surface area contributed by atoms with Gasteiger partial charge in [-0.15, -0.1) is 0 Å². The minimum atomic E-state index is -3.77. The lowest BCUT2D eigenvalue weighted by molar-refractivity contribution is 0.151. The summed E-state index contributed by atoms with van der Waals surface area (Å²) in [5.41, 5.74) is 0. The van der Waals surface area contributed by atoms with Crippen LogP contribution in [-0.2, 0) is 40.8 Å². The molecule has 10 nitrogen and oxygen atoms in total. The van der Waals surface area contributed by atoms with E-state index in [2.05, 4.69) is 0 Å². The maximum absolute atomic E-state index is 13.6. The van der Waals surface area contributed by atoms with Gasteiger partial charge in [-0.05, 0) is 110 Å². The average molecular weight is 649 g/mol. The molecule has 0 bridgehead atoms. The van der Waals surface area contributed by atoms with Gasteiger partial charge in [-0.25, -0.2) is 13.7 Å². The van der Waals surface area contributed by atoms with Gasteiger partial charge in [-0.3, -0.25) is 27.1 Å². The van der Waals surface area contributed by atoms with Gasteiger partial charge < -0.3 is 5.11 Å². The second kappa shape index (κ2) is 18.1. The highest BCUT2D eigenvalue weighted by Crippen LogP contribution is 2.66. The van der Waals surface area contributed by atoms with Crippen LogP contribution in [0.15, 0.2) is 0 Å². The molecule has 0 aromatic carbocycles. The van der Waals surface area contributed by atoms with Crippen molar-refractivity contribution < 1.29 is 45.9 Å². The topological polar surface area (TPSA) is 127 Å². The lowest BCUT2D eigenvalue weighted by atomic mass is 10.5. The Labute approximate surface area is 236 Å².